The average Bonchev–Trinajstić information content (AvgIpc) is 2.89. The molecule has 0 amide bonds. The lowest BCUT2D eigenvalue weighted by molar-refractivity contribution is 0.0638. The van der Waals surface area contributed by atoms with Crippen LogP contribution < -0.4 is 0 Å². The Morgan fingerprint density at radius 2 is 1.96 bits per heavy atom. The molecule has 0 aliphatic carbocycles. The summed E-state index contributed by atoms with van der Waals surface area (Å²) in [7, 11) is 0.651. The molecule has 23 heavy (non-hydrogen) atoms. The Labute approximate surface area is 139 Å². The van der Waals surface area contributed by atoms with Crippen molar-refractivity contribution in [3.8, 4) is 0 Å². The van der Waals surface area contributed by atoms with E-state index in [-0.39, 0.29) is 6.10 Å². The summed E-state index contributed by atoms with van der Waals surface area (Å²) >= 11 is 0. The molecular weight excluding hydrogens is 312 g/mol. The van der Waals surface area contributed by atoms with Crippen LogP contribution in [0.3, 0.4) is 0 Å². The second-order valence-corrected chi connectivity index (χ2v) is 8.96. The number of rotatable bonds is 4. The summed E-state index contributed by atoms with van der Waals surface area (Å²) in [5, 5.41) is 0. The van der Waals surface area contributed by atoms with Crippen LogP contribution in [0.1, 0.15) is 12.0 Å². The van der Waals surface area contributed by atoms with Crippen molar-refractivity contribution in [3.63, 3.8) is 0 Å². The molecular formula is C17H26N2O3S. The molecule has 1 aromatic carbocycles. The summed E-state index contributed by atoms with van der Waals surface area (Å²) in [6.07, 6.45) is 1.02. The van der Waals surface area contributed by atoms with Crippen molar-refractivity contribution in [2.24, 2.45) is 11.8 Å². The second kappa shape index (κ2) is 6.51. The van der Waals surface area contributed by atoms with E-state index in [4.69, 9.17) is 4.74 Å². The summed E-state index contributed by atoms with van der Waals surface area (Å²) in [6.45, 7) is 4.74. The van der Waals surface area contributed by atoms with Crippen LogP contribution >= 0.6 is 0 Å². The highest BCUT2D eigenvalue weighted by Crippen LogP contribution is 2.36. The van der Waals surface area contributed by atoms with Crippen LogP contribution in [0.4, 0.5) is 0 Å². The van der Waals surface area contributed by atoms with E-state index in [2.05, 4.69) is 4.90 Å². The Kier molecular flexibility index (Phi) is 4.78. The van der Waals surface area contributed by atoms with E-state index in [0.29, 0.717) is 29.8 Å². The van der Waals surface area contributed by atoms with Crippen LogP contribution in [0, 0.1) is 18.8 Å². The summed E-state index contributed by atoms with van der Waals surface area (Å²) in [6, 6.07) is 7.12. The molecule has 0 bridgehead atoms. The van der Waals surface area contributed by atoms with Crippen molar-refractivity contribution in [1.29, 1.82) is 0 Å². The van der Waals surface area contributed by atoms with Crippen LogP contribution in [0.5, 0.6) is 0 Å². The van der Waals surface area contributed by atoms with E-state index in [1.165, 1.54) is 0 Å². The van der Waals surface area contributed by atoms with Crippen molar-refractivity contribution in [2.75, 3.05) is 40.3 Å². The standard InChI is InChI=1S/C17H26N2O3S/c1-13-4-6-15(7-5-13)23(20,21)19-9-8-14-12-22-17(11-18(2)3)16(14)10-19/h4-7,14,16-17H,8-12H2,1-3H3/t14-,16-,17+/m0/s1. The second-order valence-electron chi connectivity index (χ2n) is 7.02. The lowest BCUT2D eigenvalue weighted by Gasteiger charge is -2.35. The lowest BCUT2D eigenvalue weighted by Crippen LogP contribution is -2.46. The Balaban J connectivity index is 1.77. The first kappa shape index (κ1) is 16.9. The first-order valence-corrected chi connectivity index (χ1v) is 9.65. The highest BCUT2D eigenvalue weighted by Gasteiger charge is 2.43. The third-order valence-electron chi connectivity index (χ3n) is 4.98. The van der Waals surface area contributed by atoms with Gasteiger partial charge in [0.1, 0.15) is 0 Å². The predicted octanol–water partition coefficient (Wildman–Crippen LogP) is 1.58. The molecule has 0 N–H and O–H groups in total. The first-order valence-electron chi connectivity index (χ1n) is 8.21. The van der Waals surface area contributed by atoms with Gasteiger partial charge in [-0.3, -0.25) is 0 Å². The number of aryl methyl sites for hydroxylation is 1. The molecule has 2 fully saturated rings. The monoisotopic (exact) mass is 338 g/mol. The van der Waals surface area contributed by atoms with E-state index < -0.39 is 10.0 Å². The zero-order chi connectivity index (χ0) is 16.6. The molecule has 1 aromatic rings. The van der Waals surface area contributed by atoms with Gasteiger partial charge < -0.3 is 9.64 Å². The highest BCUT2D eigenvalue weighted by molar-refractivity contribution is 7.89. The third kappa shape index (κ3) is 3.45. The molecule has 3 atom stereocenters. The Morgan fingerprint density at radius 3 is 2.61 bits per heavy atom. The quantitative estimate of drug-likeness (QED) is 0.836. The fraction of sp³-hybridized carbons (Fsp3) is 0.647. The summed E-state index contributed by atoms with van der Waals surface area (Å²) in [5.74, 6) is 0.788. The van der Waals surface area contributed by atoms with Crippen LogP contribution in [-0.4, -0.2) is 64.1 Å². The van der Waals surface area contributed by atoms with Gasteiger partial charge in [-0.15, -0.1) is 0 Å². The number of nitrogens with zero attached hydrogens (tertiary/aromatic N) is 2. The zero-order valence-electron chi connectivity index (χ0n) is 14.1. The average molecular weight is 338 g/mol. The topological polar surface area (TPSA) is 49.9 Å². The Hall–Kier alpha value is -0.950. The minimum Gasteiger partial charge on any atom is -0.376 e. The molecule has 0 aromatic heterocycles. The molecule has 0 radical (unpaired) electrons. The van der Waals surface area contributed by atoms with E-state index in [1.807, 2.05) is 33.2 Å². The van der Waals surface area contributed by atoms with Gasteiger partial charge in [0, 0.05) is 25.6 Å². The molecule has 0 saturated carbocycles. The zero-order valence-corrected chi connectivity index (χ0v) is 14.9. The summed E-state index contributed by atoms with van der Waals surface area (Å²) in [5.41, 5.74) is 1.07. The molecule has 2 aliphatic rings. The van der Waals surface area contributed by atoms with Crippen molar-refractivity contribution in [2.45, 2.75) is 24.3 Å². The predicted molar refractivity (Wildman–Crippen MR) is 89.8 cm³/mol. The maximum Gasteiger partial charge on any atom is 0.243 e. The fourth-order valence-electron chi connectivity index (χ4n) is 3.62. The maximum atomic E-state index is 12.9. The number of likely N-dealkylation sites (N-methyl/N-ethyl adjacent to an activating group) is 1. The van der Waals surface area contributed by atoms with E-state index >= 15 is 0 Å². The third-order valence-corrected chi connectivity index (χ3v) is 6.85. The van der Waals surface area contributed by atoms with Crippen molar-refractivity contribution < 1.29 is 13.2 Å². The van der Waals surface area contributed by atoms with Crippen molar-refractivity contribution in [1.82, 2.24) is 9.21 Å². The minimum atomic E-state index is -3.41. The lowest BCUT2D eigenvalue weighted by atomic mass is 9.85. The van der Waals surface area contributed by atoms with Gasteiger partial charge in [-0.05, 0) is 45.5 Å². The number of hydrogen-bond donors (Lipinski definition) is 0. The number of piperidine rings is 1. The molecule has 2 heterocycles. The van der Waals surface area contributed by atoms with Crippen LogP contribution in [0.25, 0.3) is 0 Å². The Bertz CT molecular complexity index is 642. The van der Waals surface area contributed by atoms with Crippen molar-refractivity contribution in [3.05, 3.63) is 29.8 Å². The SMILES string of the molecule is Cc1ccc(S(=O)(=O)N2CC[C@H]3CO[C@H](CN(C)C)[C@H]3C2)cc1. The van der Waals surface area contributed by atoms with Crippen molar-refractivity contribution >= 4 is 10.0 Å². The molecule has 2 saturated heterocycles. The van der Waals surface area contributed by atoms with E-state index in [1.54, 1.807) is 16.4 Å². The highest BCUT2D eigenvalue weighted by atomic mass is 32.2. The van der Waals surface area contributed by atoms with Gasteiger partial charge >= 0.3 is 0 Å². The Morgan fingerprint density at radius 1 is 1.26 bits per heavy atom. The largest absolute Gasteiger partial charge is 0.376 e. The number of fused-ring (bicyclic) bond motifs is 1. The molecule has 0 unspecified atom stereocenters. The number of hydrogen-bond acceptors (Lipinski definition) is 4. The number of sulfonamides is 1. The normalized spacial score (nSPS) is 29.0. The summed E-state index contributed by atoms with van der Waals surface area (Å²) < 4.78 is 33.4. The van der Waals surface area contributed by atoms with E-state index in [0.717, 1.165) is 25.1 Å². The van der Waals surface area contributed by atoms with E-state index in [9.17, 15) is 8.42 Å². The molecule has 128 valence electrons. The first-order chi connectivity index (χ1) is 10.9. The molecule has 2 aliphatic heterocycles. The molecule has 6 heteroatoms. The van der Waals surface area contributed by atoms with Gasteiger partial charge in [-0.2, -0.15) is 4.31 Å². The number of benzene rings is 1. The smallest absolute Gasteiger partial charge is 0.243 e. The van der Waals surface area contributed by atoms with Gasteiger partial charge in [0.25, 0.3) is 0 Å². The minimum absolute atomic E-state index is 0.131. The van der Waals surface area contributed by atoms with Crippen LogP contribution in [0.15, 0.2) is 29.2 Å². The van der Waals surface area contributed by atoms with Gasteiger partial charge in [0.15, 0.2) is 0 Å². The van der Waals surface area contributed by atoms with Gasteiger partial charge in [-0.1, -0.05) is 17.7 Å². The summed E-state index contributed by atoms with van der Waals surface area (Å²) in [4.78, 5) is 2.50. The number of ether oxygens (including phenoxy) is 1. The van der Waals surface area contributed by atoms with Gasteiger partial charge in [-0.25, -0.2) is 8.42 Å². The fourth-order valence-corrected chi connectivity index (χ4v) is 5.12. The molecule has 0 spiro atoms. The van der Waals surface area contributed by atoms with Gasteiger partial charge in [0.2, 0.25) is 10.0 Å². The van der Waals surface area contributed by atoms with Crippen LogP contribution in [-0.2, 0) is 14.8 Å². The maximum absolute atomic E-state index is 12.9. The molecule has 5 nitrogen and oxygen atoms in total. The molecule has 3 rings (SSSR count). The van der Waals surface area contributed by atoms with Crippen LogP contribution in [0.2, 0.25) is 0 Å². The van der Waals surface area contributed by atoms with Gasteiger partial charge in [0.05, 0.1) is 17.6 Å².